The normalized spacial score (nSPS) is 11.3. The van der Waals surface area contributed by atoms with E-state index in [0.29, 0.717) is 12.1 Å². The highest BCUT2D eigenvalue weighted by atomic mass is 19.1. The van der Waals surface area contributed by atoms with Gasteiger partial charge in [0.15, 0.2) is 0 Å². The minimum Gasteiger partial charge on any atom is -0.323 e. The number of benzene rings is 2. The van der Waals surface area contributed by atoms with Crippen LogP contribution in [0.5, 0.6) is 0 Å². The van der Waals surface area contributed by atoms with E-state index in [0.717, 1.165) is 36.4 Å². The number of aromatic nitrogens is 2. The highest BCUT2D eigenvalue weighted by Crippen LogP contribution is 2.20. The van der Waals surface area contributed by atoms with Gasteiger partial charge in [0.05, 0.1) is 17.6 Å². The molecule has 4 heteroatoms. The third-order valence-corrected chi connectivity index (χ3v) is 4.04. The summed E-state index contributed by atoms with van der Waals surface area (Å²) in [4.78, 5) is 4.77. The van der Waals surface area contributed by atoms with Crippen LogP contribution in [0.15, 0.2) is 42.5 Å². The number of halogens is 1. The van der Waals surface area contributed by atoms with E-state index in [1.807, 2.05) is 12.1 Å². The highest BCUT2D eigenvalue weighted by molar-refractivity contribution is 5.77. The highest BCUT2D eigenvalue weighted by Gasteiger charge is 2.12. The summed E-state index contributed by atoms with van der Waals surface area (Å²) in [6, 6.07) is 13.2. The zero-order valence-corrected chi connectivity index (χ0v) is 13.6. The van der Waals surface area contributed by atoms with Gasteiger partial charge >= 0.3 is 0 Å². The van der Waals surface area contributed by atoms with E-state index in [1.54, 1.807) is 6.07 Å². The van der Waals surface area contributed by atoms with Gasteiger partial charge in [-0.15, -0.1) is 0 Å². The second-order valence-corrected chi connectivity index (χ2v) is 5.80. The molecule has 0 unspecified atom stereocenters. The van der Waals surface area contributed by atoms with Gasteiger partial charge in [0, 0.05) is 18.5 Å². The molecule has 0 fully saturated rings. The molecule has 0 atom stereocenters. The minimum atomic E-state index is -0.168. The first-order valence-corrected chi connectivity index (χ1v) is 8.09. The summed E-state index contributed by atoms with van der Waals surface area (Å²) < 4.78 is 16.2. The monoisotopic (exact) mass is 311 g/mol. The number of imidazole rings is 1. The quantitative estimate of drug-likeness (QED) is 0.704. The van der Waals surface area contributed by atoms with Crippen LogP contribution in [0.4, 0.5) is 4.39 Å². The summed E-state index contributed by atoms with van der Waals surface area (Å²) in [7, 11) is 0. The van der Waals surface area contributed by atoms with E-state index in [1.165, 1.54) is 11.6 Å². The van der Waals surface area contributed by atoms with Crippen LogP contribution < -0.4 is 5.32 Å². The lowest BCUT2D eigenvalue weighted by molar-refractivity contribution is 0.594. The van der Waals surface area contributed by atoms with E-state index in [4.69, 9.17) is 4.98 Å². The zero-order valence-electron chi connectivity index (χ0n) is 13.6. The maximum absolute atomic E-state index is 14.0. The third-order valence-electron chi connectivity index (χ3n) is 4.04. The molecule has 1 aromatic heterocycles. The molecule has 0 aliphatic carbocycles. The summed E-state index contributed by atoms with van der Waals surface area (Å²) in [6.07, 6.45) is 0.829. The Morgan fingerprint density at radius 3 is 2.78 bits per heavy atom. The number of aryl methyl sites for hydroxylation is 1. The van der Waals surface area contributed by atoms with Gasteiger partial charge < -0.3 is 9.88 Å². The van der Waals surface area contributed by atoms with Crippen molar-refractivity contribution in [3.05, 3.63) is 65.2 Å². The summed E-state index contributed by atoms with van der Waals surface area (Å²) in [5.41, 5.74) is 3.92. The number of nitrogens with one attached hydrogen (secondary N) is 1. The molecule has 1 N–H and O–H groups in total. The SMILES string of the molecule is CCNCCc1nc2cc(C)ccc2n1Cc1ccccc1F. The van der Waals surface area contributed by atoms with Gasteiger partial charge in [0.25, 0.3) is 0 Å². The molecule has 2 aromatic carbocycles. The molecule has 0 bridgehead atoms. The van der Waals surface area contributed by atoms with Crippen LogP contribution in [0.25, 0.3) is 11.0 Å². The summed E-state index contributed by atoms with van der Waals surface area (Å²) >= 11 is 0. The predicted molar refractivity (Wildman–Crippen MR) is 92.2 cm³/mol. The fourth-order valence-corrected chi connectivity index (χ4v) is 2.83. The van der Waals surface area contributed by atoms with Crippen molar-refractivity contribution in [2.75, 3.05) is 13.1 Å². The van der Waals surface area contributed by atoms with Gasteiger partial charge in [0.2, 0.25) is 0 Å². The smallest absolute Gasteiger partial charge is 0.128 e. The van der Waals surface area contributed by atoms with Crippen LogP contribution in [0.3, 0.4) is 0 Å². The average molecular weight is 311 g/mol. The molecular formula is C19H22FN3. The lowest BCUT2D eigenvalue weighted by Gasteiger charge is -2.10. The Balaban J connectivity index is 2.01. The van der Waals surface area contributed by atoms with Crippen molar-refractivity contribution < 1.29 is 4.39 Å². The lowest BCUT2D eigenvalue weighted by Crippen LogP contribution is -2.18. The molecule has 0 amide bonds. The zero-order chi connectivity index (χ0) is 16.2. The maximum Gasteiger partial charge on any atom is 0.128 e. The summed E-state index contributed by atoms with van der Waals surface area (Å²) in [5, 5.41) is 3.33. The first-order valence-electron chi connectivity index (χ1n) is 8.09. The fourth-order valence-electron chi connectivity index (χ4n) is 2.83. The van der Waals surface area contributed by atoms with Crippen LogP contribution in [-0.2, 0) is 13.0 Å². The first-order chi connectivity index (χ1) is 11.2. The van der Waals surface area contributed by atoms with Gasteiger partial charge in [0.1, 0.15) is 11.6 Å². The fraction of sp³-hybridized carbons (Fsp3) is 0.316. The number of hydrogen-bond donors (Lipinski definition) is 1. The Bertz CT molecular complexity index is 807. The maximum atomic E-state index is 14.0. The summed E-state index contributed by atoms with van der Waals surface area (Å²) in [5.74, 6) is 0.828. The molecule has 120 valence electrons. The van der Waals surface area contributed by atoms with Crippen molar-refractivity contribution in [1.82, 2.24) is 14.9 Å². The van der Waals surface area contributed by atoms with Crippen LogP contribution in [0, 0.1) is 12.7 Å². The molecule has 3 rings (SSSR count). The molecule has 0 aliphatic heterocycles. The van der Waals surface area contributed by atoms with E-state index in [9.17, 15) is 4.39 Å². The van der Waals surface area contributed by atoms with Crippen LogP contribution in [0.1, 0.15) is 23.9 Å². The van der Waals surface area contributed by atoms with Crippen LogP contribution in [0.2, 0.25) is 0 Å². The third kappa shape index (κ3) is 3.42. The lowest BCUT2D eigenvalue weighted by atomic mass is 10.2. The van der Waals surface area contributed by atoms with E-state index >= 15 is 0 Å². The molecular weight excluding hydrogens is 289 g/mol. The number of hydrogen-bond acceptors (Lipinski definition) is 2. The Labute approximate surface area is 136 Å². The van der Waals surface area contributed by atoms with Gasteiger partial charge in [-0.25, -0.2) is 9.37 Å². The Morgan fingerprint density at radius 2 is 2.00 bits per heavy atom. The van der Waals surface area contributed by atoms with E-state index in [2.05, 4.69) is 41.9 Å². The molecule has 0 saturated carbocycles. The van der Waals surface area contributed by atoms with Crippen molar-refractivity contribution in [1.29, 1.82) is 0 Å². The van der Waals surface area contributed by atoms with Crippen molar-refractivity contribution in [3.63, 3.8) is 0 Å². The van der Waals surface area contributed by atoms with Crippen molar-refractivity contribution in [2.24, 2.45) is 0 Å². The summed E-state index contributed by atoms with van der Waals surface area (Å²) in [6.45, 7) is 6.47. The van der Waals surface area contributed by atoms with Gasteiger partial charge in [-0.3, -0.25) is 0 Å². The Hall–Kier alpha value is -2.20. The van der Waals surface area contributed by atoms with E-state index < -0.39 is 0 Å². The number of rotatable bonds is 6. The van der Waals surface area contributed by atoms with Gasteiger partial charge in [-0.2, -0.15) is 0 Å². The number of nitrogens with zero attached hydrogens (tertiary/aromatic N) is 2. The molecule has 3 nitrogen and oxygen atoms in total. The molecule has 0 saturated heterocycles. The standard InChI is InChI=1S/C19H22FN3/c1-3-21-11-10-19-22-17-12-14(2)8-9-18(17)23(19)13-15-6-4-5-7-16(15)20/h4-9,12,21H,3,10-11,13H2,1-2H3. The van der Waals surface area contributed by atoms with Crippen LogP contribution in [-0.4, -0.2) is 22.6 Å². The van der Waals surface area contributed by atoms with Crippen LogP contribution >= 0.6 is 0 Å². The molecule has 0 aliphatic rings. The molecule has 23 heavy (non-hydrogen) atoms. The molecule has 1 heterocycles. The number of likely N-dealkylation sites (N-methyl/N-ethyl adjacent to an activating group) is 1. The minimum absolute atomic E-state index is 0.168. The Morgan fingerprint density at radius 1 is 1.17 bits per heavy atom. The average Bonchev–Trinajstić information content (AvgIpc) is 2.87. The molecule has 3 aromatic rings. The van der Waals surface area contributed by atoms with Crippen molar-refractivity contribution in [2.45, 2.75) is 26.8 Å². The Kier molecular flexibility index (Phi) is 4.72. The van der Waals surface area contributed by atoms with Gasteiger partial charge in [-0.1, -0.05) is 31.2 Å². The topological polar surface area (TPSA) is 29.9 Å². The van der Waals surface area contributed by atoms with Crippen molar-refractivity contribution in [3.8, 4) is 0 Å². The largest absolute Gasteiger partial charge is 0.323 e. The van der Waals surface area contributed by atoms with Gasteiger partial charge in [-0.05, 0) is 37.2 Å². The molecule has 0 radical (unpaired) electrons. The number of fused-ring (bicyclic) bond motifs is 1. The van der Waals surface area contributed by atoms with E-state index in [-0.39, 0.29) is 5.82 Å². The second-order valence-electron chi connectivity index (χ2n) is 5.80. The predicted octanol–water partition coefficient (Wildman–Crippen LogP) is 3.68. The first kappa shape index (κ1) is 15.7. The second kappa shape index (κ2) is 6.92. The molecule has 0 spiro atoms. The van der Waals surface area contributed by atoms with Crippen molar-refractivity contribution >= 4 is 11.0 Å².